The number of hydrogen-bond donors (Lipinski definition) is 7. The monoisotopic (exact) mass is 1060 g/mol. The Kier molecular flexibility index (Phi) is 22.0. The maximum absolute atomic E-state index is 14.9. The maximum Gasteiger partial charge on any atom is 0.416 e. The number of nitrogens with zero attached hydrogens (tertiary/aromatic N) is 5. The third-order valence-corrected chi connectivity index (χ3v) is 11.3. The number of benzene rings is 2. The number of hydrogen-bond acceptors (Lipinski definition) is 12. The van der Waals surface area contributed by atoms with Crippen LogP contribution in [0, 0.1) is 19.7 Å². The minimum Gasteiger partial charge on any atom is -0.475 e. The van der Waals surface area contributed by atoms with Gasteiger partial charge in [0, 0.05) is 72.6 Å². The lowest BCUT2D eigenvalue weighted by molar-refractivity contribution is -0.137. The third-order valence-electron chi connectivity index (χ3n) is 11.3. The van der Waals surface area contributed by atoms with Crippen molar-refractivity contribution in [3.63, 3.8) is 0 Å². The van der Waals surface area contributed by atoms with Gasteiger partial charge in [0.15, 0.2) is 0 Å². The fraction of sp³-hybridized carbons (Fsp3) is 0.268. The van der Waals surface area contributed by atoms with Gasteiger partial charge in [-0.25, -0.2) is 24.1 Å². The summed E-state index contributed by atoms with van der Waals surface area (Å²) in [6, 6.07) is 23.5. The first-order chi connectivity index (χ1) is 36.9. The zero-order valence-corrected chi connectivity index (χ0v) is 43.4. The predicted molar refractivity (Wildman–Crippen MR) is 290 cm³/mol. The molecule has 0 saturated heterocycles. The van der Waals surface area contributed by atoms with Crippen molar-refractivity contribution >= 4 is 53.0 Å². The van der Waals surface area contributed by atoms with Crippen LogP contribution in [0.15, 0.2) is 116 Å². The van der Waals surface area contributed by atoms with Crippen LogP contribution in [0.5, 0.6) is 5.88 Å². The van der Waals surface area contributed by atoms with E-state index >= 15 is 0 Å². The molecule has 1 fully saturated rings. The van der Waals surface area contributed by atoms with E-state index in [9.17, 15) is 37.1 Å². The highest BCUT2D eigenvalue weighted by Gasteiger charge is 2.30. The summed E-state index contributed by atoms with van der Waals surface area (Å²) >= 11 is 0. The van der Waals surface area contributed by atoms with Crippen LogP contribution in [0.4, 0.5) is 51.1 Å². The smallest absolute Gasteiger partial charge is 0.416 e. The number of nitrogens with one attached hydrogen (secondary N) is 5. The molecule has 21 heteroatoms. The highest BCUT2D eigenvalue weighted by atomic mass is 19.4. The van der Waals surface area contributed by atoms with Gasteiger partial charge in [-0.3, -0.25) is 24.4 Å². The molecule has 8 rings (SSSR count). The van der Waals surface area contributed by atoms with Crippen molar-refractivity contribution in [3.8, 4) is 50.6 Å². The van der Waals surface area contributed by atoms with Crippen LogP contribution in [-0.4, -0.2) is 73.5 Å². The van der Waals surface area contributed by atoms with Gasteiger partial charge in [-0.05, 0) is 134 Å². The number of carbonyl (C=O) groups is 4. The summed E-state index contributed by atoms with van der Waals surface area (Å²) in [5.74, 6) is 0.0531. The molecule has 0 atom stereocenters. The molecule has 1 aliphatic carbocycles. The molecule has 0 radical (unpaired) electrons. The summed E-state index contributed by atoms with van der Waals surface area (Å²) in [5.41, 5.74) is 11.8. The summed E-state index contributed by atoms with van der Waals surface area (Å²) in [6.45, 7) is 10.3. The Hall–Kier alpha value is -8.85. The number of aliphatic hydroxyl groups is 1. The number of halogens is 4. The van der Waals surface area contributed by atoms with Gasteiger partial charge in [0.2, 0.25) is 24.1 Å². The Bertz CT molecular complexity index is 3120. The average Bonchev–Trinajstić information content (AvgIpc) is 3.40. The SMILES string of the molecule is CC.CC(=O)Nc1cc(-c2cc(-c3cc(NC(=O)NC4CCCCC4)c(F)cc3C)cc(OCCO)n2)ccn1.CC(=O)Nc1cc(-c2cc(-c3cc(Nc4ccc(C(F)(F)F)cc4)cnc3C)ccn2)ccn1.NC=O. The number of rotatable bonds is 13. The molecule has 0 spiro atoms. The molecule has 0 unspecified atom stereocenters. The number of alkyl halides is 3. The molecular formula is C56H61F4N11O6. The van der Waals surface area contributed by atoms with Crippen LogP contribution in [0.2, 0.25) is 0 Å². The van der Waals surface area contributed by atoms with Gasteiger partial charge >= 0.3 is 12.2 Å². The van der Waals surface area contributed by atoms with Crippen molar-refractivity contribution in [3.05, 3.63) is 138 Å². The third kappa shape index (κ3) is 17.9. The van der Waals surface area contributed by atoms with Crippen LogP contribution in [0.1, 0.15) is 76.6 Å². The second kappa shape index (κ2) is 28.7. The molecule has 1 saturated carbocycles. The molecular weight excluding hydrogens is 999 g/mol. The molecule has 404 valence electrons. The number of nitrogens with two attached hydrogens (primary N) is 1. The van der Waals surface area contributed by atoms with Gasteiger partial charge in [-0.2, -0.15) is 13.2 Å². The number of anilines is 5. The quantitative estimate of drug-likeness (QED) is 0.0421. The predicted octanol–water partition coefficient (Wildman–Crippen LogP) is 11.4. The van der Waals surface area contributed by atoms with E-state index in [0.29, 0.717) is 56.7 Å². The highest BCUT2D eigenvalue weighted by molar-refractivity contribution is 5.92. The average molecular weight is 1060 g/mol. The molecule has 7 aromatic rings. The Morgan fingerprint density at radius 3 is 1.90 bits per heavy atom. The molecule has 5 aromatic heterocycles. The number of amides is 5. The molecule has 8 N–H and O–H groups in total. The molecule has 0 bridgehead atoms. The summed E-state index contributed by atoms with van der Waals surface area (Å²) in [7, 11) is 0. The van der Waals surface area contributed by atoms with Crippen molar-refractivity contribution in [2.24, 2.45) is 5.73 Å². The fourth-order valence-corrected chi connectivity index (χ4v) is 7.94. The number of aromatic nitrogens is 5. The molecule has 1 aliphatic rings. The number of ether oxygens (including phenoxy) is 1. The highest BCUT2D eigenvalue weighted by Crippen LogP contribution is 2.35. The van der Waals surface area contributed by atoms with E-state index < -0.39 is 23.6 Å². The van der Waals surface area contributed by atoms with E-state index in [4.69, 9.17) is 9.53 Å². The van der Waals surface area contributed by atoms with Crippen LogP contribution in [-0.2, 0) is 20.6 Å². The number of urea groups is 1. The second-order valence-corrected chi connectivity index (χ2v) is 17.1. The molecule has 17 nitrogen and oxygen atoms in total. The minimum atomic E-state index is -4.38. The van der Waals surface area contributed by atoms with Crippen molar-refractivity contribution in [1.82, 2.24) is 30.2 Å². The van der Waals surface area contributed by atoms with Gasteiger partial charge < -0.3 is 42.2 Å². The van der Waals surface area contributed by atoms with Crippen LogP contribution in [0.3, 0.4) is 0 Å². The Morgan fingerprint density at radius 1 is 0.714 bits per heavy atom. The normalized spacial score (nSPS) is 11.9. The van der Waals surface area contributed by atoms with Crippen molar-refractivity contribution in [2.45, 2.75) is 85.9 Å². The first-order valence-corrected chi connectivity index (χ1v) is 24.6. The van der Waals surface area contributed by atoms with Crippen molar-refractivity contribution < 1.29 is 46.6 Å². The maximum atomic E-state index is 14.9. The molecule has 0 aliphatic heterocycles. The molecule has 2 aromatic carbocycles. The second-order valence-electron chi connectivity index (χ2n) is 17.1. The Morgan fingerprint density at radius 2 is 1.30 bits per heavy atom. The Balaban J connectivity index is 0.000000264. The van der Waals surface area contributed by atoms with E-state index in [0.717, 1.165) is 60.2 Å². The zero-order chi connectivity index (χ0) is 56.1. The summed E-state index contributed by atoms with van der Waals surface area (Å²) < 4.78 is 58.9. The minimum absolute atomic E-state index is 0.0416. The first kappa shape index (κ1) is 59.0. The molecule has 5 heterocycles. The van der Waals surface area contributed by atoms with E-state index in [-0.39, 0.29) is 49.0 Å². The first-order valence-electron chi connectivity index (χ1n) is 24.6. The van der Waals surface area contributed by atoms with E-state index in [1.165, 1.54) is 38.5 Å². The summed E-state index contributed by atoms with van der Waals surface area (Å²) in [6.07, 6.45) is 7.48. The van der Waals surface area contributed by atoms with E-state index in [2.05, 4.69) is 57.2 Å². The van der Waals surface area contributed by atoms with E-state index in [1.807, 2.05) is 45.0 Å². The van der Waals surface area contributed by atoms with E-state index in [1.54, 1.807) is 68.1 Å². The van der Waals surface area contributed by atoms with Gasteiger partial charge in [0.25, 0.3) is 0 Å². The number of aliphatic hydroxyl groups excluding tert-OH is 1. The lowest BCUT2D eigenvalue weighted by Gasteiger charge is -2.23. The van der Waals surface area contributed by atoms with Gasteiger partial charge in [0.1, 0.15) is 24.1 Å². The van der Waals surface area contributed by atoms with Crippen LogP contribution in [0.25, 0.3) is 44.8 Å². The van der Waals surface area contributed by atoms with Gasteiger partial charge in [-0.15, -0.1) is 0 Å². The lowest BCUT2D eigenvalue weighted by atomic mass is 9.96. The summed E-state index contributed by atoms with van der Waals surface area (Å²) in [4.78, 5) is 65.7. The van der Waals surface area contributed by atoms with Crippen molar-refractivity contribution in [1.29, 1.82) is 0 Å². The fourth-order valence-electron chi connectivity index (χ4n) is 7.94. The van der Waals surface area contributed by atoms with Crippen LogP contribution >= 0.6 is 0 Å². The topological polar surface area (TPSA) is 248 Å². The number of aryl methyl sites for hydroxylation is 2. The Labute approximate surface area is 443 Å². The standard InChI is InChI=1S/C28H32FN5O4.C25H20F3N5O.C2H6.CH3NO/c1-17-12-23(29)25(34-28(37)32-21-6-4-3-5-7-21)16-22(17)20-13-24(33-27(15-20)38-11-10-35)19-8-9-30-26(14-19)31-18(2)36;1-15-22(13-21(14-31-15)33-20-5-3-19(4-6-20)25(26,27)28)17-7-9-29-23(11-17)18-8-10-30-24(12-18)32-16(2)34;1-2;2-1-3/h8-9,12-16,21,35H,3-7,10-11H2,1-2H3,(H,30,31,36)(H2,32,34,37);3-14,33H,1-2H3,(H,30,32,34);1-2H3;1H,(H2,2,3). The largest absolute Gasteiger partial charge is 0.475 e. The van der Waals surface area contributed by atoms with Gasteiger partial charge in [-0.1, -0.05) is 33.1 Å². The lowest BCUT2D eigenvalue weighted by Crippen LogP contribution is -2.39. The molecule has 77 heavy (non-hydrogen) atoms. The molecule has 5 amide bonds. The van der Waals surface area contributed by atoms with Crippen LogP contribution < -0.4 is 37.1 Å². The number of primary amides is 1. The van der Waals surface area contributed by atoms with Gasteiger partial charge in [0.05, 0.1) is 41.1 Å². The summed E-state index contributed by atoms with van der Waals surface area (Å²) in [5, 5.41) is 23.3. The number of pyridine rings is 5. The zero-order valence-electron chi connectivity index (χ0n) is 43.4. The van der Waals surface area contributed by atoms with Crippen molar-refractivity contribution in [2.75, 3.05) is 34.5 Å². The number of carbonyl (C=O) groups excluding carboxylic acids is 4.